The first kappa shape index (κ1) is 16.0. The Balaban J connectivity index is 1.71. The summed E-state index contributed by atoms with van der Waals surface area (Å²) in [6.45, 7) is 5.72. The van der Waals surface area contributed by atoms with Gasteiger partial charge >= 0.3 is 0 Å². The van der Waals surface area contributed by atoms with Gasteiger partial charge in [0.25, 0.3) is 0 Å². The quantitative estimate of drug-likeness (QED) is 0.911. The molecule has 23 heavy (non-hydrogen) atoms. The molecule has 2 heterocycles. The monoisotopic (exact) mass is 314 g/mol. The van der Waals surface area contributed by atoms with Gasteiger partial charge in [0.15, 0.2) is 0 Å². The maximum atomic E-state index is 12.6. The standard InChI is InChI=1S/C18H26N4O/c1-12(2)10-14(19)18(23)22-9-5-6-13(11-22)17-20-15-7-3-4-8-16(15)21-17/h3-4,7-8,12-14H,5-6,9-11,19H2,1-2H3,(H,20,21)/t13?,14-/m0/s1. The normalized spacial score (nSPS) is 20.2. The number of rotatable bonds is 4. The summed E-state index contributed by atoms with van der Waals surface area (Å²) in [7, 11) is 0. The van der Waals surface area contributed by atoms with E-state index >= 15 is 0 Å². The molecular weight excluding hydrogens is 288 g/mol. The van der Waals surface area contributed by atoms with E-state index in [2.05, 4.69) is 18.8 Å². The van der Waals surface area contributed by atoms with Gasteiger partial charge in [0.05, 0.1) is 17.1 Å². The van der Waals surface area contributed by atoms with Crippen molar-refractivity contribution in [2.45, 2.75) is 45.1 Å². The molecule has 1 aromatic heterocycles. The number of hydrogen-bond acceptors (Lipinski definition) is 3. The Morgan fingerprint density at radius 2 is 2.22 bits per heavy atom. The van der Waals surface area contributed by atoms with E-state index in [0.717, 1.165) is 42.7 Å². The number of carbonyl (C=O) groups is 1. The predicted molar refractivity (Wildman–Crippen MR) is 92.1 cm³/mol. The first-order valence-corrected chi connectivity index (χ1v) is 8.53. The molecule has 0 bridgehead atoms. The Morgan fingerprint density at radius 1 is 1.43 bits per heavy atom. The number of likely N-dealkylation sites (tertiary alicyclic amines) is 1. The van der Waals surface area contributed by atoms with Gasteiger partial charge in [-0.3, -0.25) is 4.79 Å². The molecule has 5 heteroatoms. The van der Waals surface area contributed by atoms with Crippen LogP contribution in [0.15, 0.2) is 24.3 Å². The molecule has 124 valence electrons. The second kappa shape index (κ2) is 6.71. The Labute approximate surface area is 137 Å². The van der Waals surface area contributed by atoms with Crippen LogP contribution in [0.2, 0.25) is 0 Å². The minimum absolute atomic E-state index is 0.0829. The van der Waals surface area contributed by atoms with Crippen LogP contribution in [0.3, 0.4) is 0 Å². The molecule has 1 saturated heterocycles. The molecule has 1 fully saturated rings. The first-order valence-electron chi connectivity index (χ1n) is 8.53. The summed E-state index contributed by atoms with van der Waals surface area (Å²) >= 11 is 0. The van der Waals surface area contributed by atoms with Crippen LogP contribution in [0.4, 0.5) is 0 Å². The number of H-pyrrole nitrogens is 1. The van der Waals surface area contributed by atoms with Crippen LogP contribution >= 0.6 is 0 Å². The SMILES string of the molecule is CC(C)C[C@H](N)C(=O)N1CCCC(c2nc3ccccc3[nH]2)C1. The van der Waals surface area contributed by atoms with Crippen LogP contribution in [0.5, 0.6) is 0 Å². The maximum absolute atomic E-state index is 12.6. The third kappa shape index (κ3) is 3.55. The van der Waals surface area contributed by atoms with Gasteiger partial charge in [0.2, 0.25) is 5.91 Å². The van der Waals surface area contributed by atoms with Crippen molar-refractivity contribution in [3.63, 3.8) is 0 Å². The van der Waals surface area contributed by atoms with Crippen molar-refractivity contribution in [3.05, 3.63) is 30.1 Å². The molecule has 3 N–H and O–H groups in total. The van der Waals surface area contributed by atoms with E-state index in [9.17, 15) is 4.79 Å². The highest BCUT2D eigenvalue weighted by atomic mass is 16.2. The van der Waals surface area contributed by atoms with Gasteiger partial charge in [-0.2, -0.15) is 0 Å². The number of amides is 1. The fourth-order valence-electron chi connectivity index (χ4n) is 3.41. The molecule has 1 aromatic carbocycles. The highest BCUT2D eigenvalue weighted by Gasteiger charge is 2.29. The number of carbonyl (C=O) groups excluding carboxylic acids is 1. The van der Waals surface area contributed by atoms with Crippen molar-refractivity contribution in [1.82, 2.24) is 14.9 Å². The van der Waals surface area contributed by atoms with Crippen LogP contribution < -0.4 is 5.73 Å². The largest absolute Gasteiger partial charge is 0.342 e. The predicted octanol–water partition coefficient (Wildman–Crippen LogP) is 2.64. The lowest BCUT2D eigenvalue weighted by molar-refractivity contribution is -0.134. The highest BCUT2D eigenvalue weighted by molar-refractivity contribution is 5.82. The number of aromatic nitrogens is 2. The van der Waals surface area contributed by atoms with Crippen LogP contribution in [0.1, 0.15) is 44.9 Å². The maximum Gasteiger partial charge on any atom is 0.239 e. The number of aromatic amines is 1. The molecule has 2 atom stereocenters. The van der Waals surface area contributed by atoms with Gasteiger partial charge < -0.3 is 15.6 Å². The lowest BCUT2D eigenvalue weighted by Crippen LogP contribution is -2.48. The molecule has 0 spiro atoms. The van der Waals surface area contributed by atoms with E-state index < -0.39 is 0 Å². The number of fused-ring (bicyclic) bond motifs is 1. The van der Waals surface area contributed by atoms with Gasteiger partial charge in [-0.1, -0.05) is 26.0 Å². The summed E-state index contributed by atoms with van der Waals surface area (Å²) in [5.41, 5.74) is 8.13. The zero-order valence-corrected chi connectivity index (χ0v) is 14.0. The van der Waals surface area contributed by atoms with E-state index in [1.54, 1.807) is 0 Å². The number of hydrogen-bond donors (Lipinski definition) is 2. The van der Waals surface area contributed by atoms with Gasteiger partial charge in [-0.15, -0.1) is 0 Å². The Kier molecular flexibility index (Phi) is 4.66. The van der Waals surface area contributed by atoms with Crippen molar-refractivity contribution in [2.24, 2.45) is 11.7 Å². The van der Waals surface area contributed by atoms with E-state index in [4.69, 9.17) is 10.7 Å². The van der Waals surface area contributed by atoms with Crippen LogP contribution in [-0.2, 0) is 4.79 Å². The smallest absolute Gasteiger partial charge is 0.239 e. The first-order chi connectivity index (χ1) is 11.0. The lowest BCUT2D eigenvalue weighted by Gasteiger charge is -2.33. The molecule has 0 saturated carbocycles. The van der Waals surface area contributed by atoms with Crippen molar-refractivity contribution in [2.75, 3.05) is 13.1 Å². The van der Waals surface area contributed by atoms with E-state index in [-0.39, 0.29) is 17.9 Å². The fraction of sp³-hybridized carbons (Fsp3) is 0.556. The van der Waals surface area contributed by atoms with Crippen molar-refractivity contribution >= 4 is 16.9 Å². The average Bonchev–Trinajstić information content (AvgIpc) is 2.97. The number of nitrogens with one attached hydrogen (secondary N) is 1. The Bertz CT molecular complexity index is 645. The number of imidazole rings is 1. The summed E-state index contributed by atoms with van der Waals surface area (Å²) in [5.74, 6) is 1.77. The van der Waals surface area contributed by atoms with Crippen molar-refractivity contribution in [1.29, 1.82) is 0 Å². The van der Waals surface area contributed by atoms with E-state index in [0.29, 0.717) is 12.5 Å². The number of piperidine rings is 1. The second-order valence-corrected chi connectivity index (χ2v) is 7.00. The number of nitrogens with two attached hydrogens (primary N) is 1. The van der Waals surface area contributed by atoms with E-state index in [1.165, 1.54) is 0 Å². The summed E-state index contributed by atoms with van der Waals surface area (Å²) in [6.07, 6.45) is 2.80. The number of benzene rings is 1. The lowest BCUT2D eigenvalue weighted by atomic mass is 9.95. The number of nitrogens with zero attached hydrogens (tertiary/aromatic N) is 2. The summed E-state index contributed by atoms with van der Waals surface area (Å²) in [4.78, 5) is 22.6. The Morgan fingerprint density at radius 3 is 2.96 bits per heavy atom. The molecule has 1 aliphatic heterocycles. The summed E-state index contributed by atoms with van der Waals surface area (Å²) in [5, 5.41) is 0. The van der Waals surface area contributed by atoms with Gasteiger partial charge in [-0.25, -0.2) is 4.98 Å². The van der Waals surface area contributed by atoms with Crippen molar-refractivity contribution in [3.8, 4) is 0 Å². The average molecular weight is 314 g/mol. The number of para-hydroxylation sites is 2. The molecular formula is C18H26N4O. The topological polar surface area (TPSA) is 75.0 Å². The van der Waals surface area contributed by atoms with Crippen molar-refractivity contribution < 1.29 is 4.79 Å². The highest BCUT2D eigenvalue weighted by Crippen LogP contribution is 2.27. The zero-order chi connectivity index (χ0) is 16.4. The molecule has 0 radical (unpaired) electrons. The van der Waals surface area contributed by atoms with Crippen LogP contribution in [0.25, 0.3) is 11.0 Å². The summed E-state index contributed by atoms with van der Waals surface area (Å²) < 4.78 is 0. The third-order valence-electron chi connectivity index (χ3n) is 4.57. The molecule has 3 rings (SSSR count). The molecule has 0 aliphatic carbocycles. The second-order valence-electron chi connectivity index (χ2n) is 7.00. The minimum atomic E-state index is -0.385. The molecule has 1 aliphatic rings. The molecule has 2 aromatic rings. The fourth-order valence-corrected chi connectivity index (χ4v) is 3.41. The van der Waals surface area contributed by atoms with Gasteiger partial charge in [0, 0.05) is 19.0 Å². The molecule has 1 unspecified atom stereocenters. The third-order valence-corrected chi connectivity index (χ3v) is 4.57. The summed E-state index contributed by atoms with van der Waals surface area (Å²) in [6, 6.07) is 7.67. The van der Waals surface area contributed by atoms with Crippen LogP contribution in [-0.4, -0.2) is 39.9 Å². The van der Waals surface area contributed by atoms with Gasteiger partial charge in [0.1, 0.15) is 5.82 Å². The van der Waals surface area contributed by atoms with Crippen LogP contribution in [0, 0.1) is 5.92 Å². The van der Waals surface area contributed by atoms with Gasteiger partial charge in [-0.05, 0) is 37.3 Å². The zero-order valence-electron chi connectivity index (χ0n) is 14.0. The minimum Gasteiger partial charge on any atom is -0.342 e. The molecule has 1 amide bonds. The Hall–Kier alpha value is -1.88. The molecule has 5 nitrogen and oxygen atoms in total. The van der Waals surface area contributed by atoms with E-state index in [1.807, 2.05) is 29.2 Å².